The first-order valence-electron chi connectivity index (χ1n) is 2.68. The van der Waals surface area contributed by atoms with Gasteiger partial charge in [0, 0.05) is 6.16 Å². The van der Waals surface area contributed by atoms with Crippen molar-refractivity contribution in [2.24, 2.45) is 0 Å². The zero-order valence-corrected chi connectivity index (χ0v) is 7.50. The number of halogens is 1. The van der Waals surface area contributed by atoms with E-state index in [0.717, 1.165) is 12.2 Å². The minimum absolute atomic E-state index is 0.203. The van der Waals surface area contributed by atoms with E-state index in [1.54, 1.807) is 0 Å². The summed E-state index contributed by atoms with van der Waals surface area (Å²) in [5.41, 5.74) is 0. The molecule has 0 fully saturated rings. The van der Waals surface area contributed by atoms with Crippen molar-refractivity contribution < 1.29 is 9.46 Å². The molecule has 0 rings (SSSR count). The molecule has 0 radical (unpaired) electrons. The van der Waals surface area contributed by atoms with Crippen LogP contribution in [0.25, 0.3) is 0 Å². The van der Waals surface area contributed by atoms with E-state index in [4.69, 9.17) is 16.1 Å². The second-order valence-electron chi connectivity index (χ2n) is 1.77. The molecule has 0 saturated heterocycles. The summed E-state index contributed by atoms with van der Waals surface area (Å²) in [5, 5.41) is 0. The van der Waals surface area contributed by atoms with Crippen molar-refractivity contribution in [2.45, 2.75) is 12.8 Å². The van der Waals surface area contributed by atoms with Gasteiger partial charge in [-0.1, -0.05) is 0 Å². The highest BCUT2D eigenvalue weighted by Crippen LogP contribution is 2.46. The fraction of sp³-hybridized carbons (Fsp3) is 1.00. The van der Waals surface area contributed by atoms with E-state index < -0.39 is 6.72 Å². The van der Waals surface area contributed by atoms with Crippen LogP contribution in [0.3, 0.4) is 0 Å². The highest BCUT2D eigenvalue weighted by molar-refractivity contribution is 7.84. The lowest BCUT2D eigenvalue weighted by Gasteiger charge is -1.99. The minimum Gasteiger partial charge on any atom is -0.333 e. The van der Waals surface area contributed by atoms with E-state index >= 15 is 0 Å². The lowest BCUT2D eigenvalue weighted by molar-refractivity contribution is 0.493. The molecule has 0 aliphatic heterocycles. The maximum absolute atomic E-state index is 10.4. The average Bonchev–Trinajstić information content (AvgIpc) is 1.63. The van der Waals surface area contributed by atoms with Crippen molar-refractivity contribution in [3.05, 3.63) is 0 Å². The van der Waals surface area contributed by atoms with Crippen LogP contribution in [0.1, 0.15) is 12.8 Å². The second kappa shape index (κ2) is 4.62. The fourth-order valence-corrected chi connectivity index (χ4v) is 1.61. The first kappa shape index (κ1) is 9.83. The molecule has 1 N–H and O–H groups in total. The third kappa shape index (κ3) is 8.83. The first-order chi connectivity index (χ1) is 4.06. The molecule has 0 aromatic carbocycles. The number of hydrogen-bond donors (Lipinski definition) is 2. The first-order valence-corrected chi connectivity index (χ1v) is 6.07. The summed E-state index contributed by atoms with van der Waals surface area (Å²) in [6.45, 7) is -3.26. The zero-order chi connectivity index (χ0) is 7.33. The Balaban J connectivity index is 3.18. The Morgan fingerprint density at radius 1 is 1.56 bits per heavy atom. The van der Waals surface area contributed by atoms with Gasteiger partial charge in [0.2, 0.25) is 0 Å². The maximum atomic E-state index is 10.4. The predicted molar refractivity (Wildman–Crippen MR) is 43.6 cm³/mol. The van der Waals surface area contributed by atoms with Crippen LogP contribution in [0, 0.1) is 0 Å². The summed E-state index contributed by atoms with van der Waals surface area (Å²) in [6, 6.07) is 0. The van der Waals surface area contributed by atoms with Crippen molar-refractivity contribution in [3.63, 3.8) is 0 Å². The van der Waals surface area contributed by atoms with Crippen molar-refractivity contribution in [1.82, 2.24) is 0 Å². The van der Waals surface area contributed by atoms with E-state index in [1.807, 2.05) is 0 Å². The van der Waals surface area contributed by atoms with Gasteiger partial charge in [0.25, 0.3) is 6.72 Å². The molecule has 0 bridgehead atoms. The molecule has 0 amide bonds. The summed E-state index contributed by atoms with van der Waals surface area (Å²) in [5.74, 6) is 0.747. The molecular formula is C4H10ClO2PS. The van der Waals surface area contributed by atoms with Crippen LogP contribution in [0.4, 0.5) is 0 Å². The van der Waals surface area contributed by atoms with Gasteiger partial charge in [-0.15, -0.1) is 0 Å². The van der Waals surface area contributed by atoms with Crippen molar-refractivity contribution in [2.75, 3.05) is 11.9 Å². The monoisotopic (exact) mass is 188 g/mol. The van der Waals surface area contributed by atoms with Crippen LogP contribution in [0.5, 0.6) is 0 Å². The van der Waals surface area contributed by atoms with Crippen molar-refractivity contribution in [3.8, 4) is 0 Å². The summed E-state index contributed by atoms with van der Waals surface area (Å²) < 4.78 is 10.4. The molecule has 5 heteroatoms. The Morgan fingerprint density at radius 3 is 2.44 bits per heavy atom. The SMILES string of the molecule is O=P(O)(Cl)CCCCS. The molecule has 0 aromatic heterocycles. The highest BCUT2D eigenvalue weighted by atomic mass is 35.7. The molecule has 0 spiro atoms. The average molecular weight is 189 g/mol. The van der Waals surface area contributed by atoms with Gasteiger partial charge >= 0.3 is 0 Å². The quantitative estimate of drug-likeness (QED) is 0.403. The van der Waals surface area contributed by atoms with Gasteiger partial charge in [-0.2, -0.15) is 12.6 Å². The summed E-state index contributed by atoms with van der Waals surface area (Å²) in [6.07, 6.45) is 1.73. The standard InChI is InChI=1S/C4H10ClO2PS/c5-8(6,7)3-1-2-4-9/h9H,1-4H2,(H,6,7). The van der Waals surface area contributed by atoms with Gasteiger partial charge in [-0.3, -0.25) is 4.57 Å². The molecule has 1 atom stereocenters. The van der Waals surface area contributed by atoms with E-state index in [1.165, 1.54) is 0 Å². The lowest BCUT2D eigenvalue weighted by Crippen LogP contribution is -1.83. The maximum Gasteiger partial charge on any atom is 0.287 e. The Bertz CT molecular complexity index is 113. The molecule has 9 heavy (non-hydrogen) atoms. The third-order valence-corrected chi connectivity index (χ3v) is 2.53. The van der Waals surface area contributed by atoms with Gasteiger partial charge < -0.3 is 4.89 Å². The van der Waals surface area contributed by atoms with Gasteiger partial charge in [0.1, 0.15) is 0 Å². The molecule has 1 unspecified atom stereocenters. The fourth-order valence-electron chi connectivity index (χ4n) is 0.419. The van der Waals surface area contributed by atoms with E-state index in [9.17, 15) is 4.57 Å². The molecule has 2 nitrogen and oxygen atoms in total. The molecule has 0 heterocycles. The van der Waals surface area contributed by atoms with E-state index in [0.29, 0.717) is 6.42 Å². The predicted octanol–water partition coefficient (Wildman–Crippen LogP) is 2.12. The van der Waals surface area contributed by atoms with Gasteiger partial charge in [-0.25, -0.2) is 0 Å². The number of hydrogen-bond acceptors (Lipinski definition) is 2. The van der Waals surface area contributed by atoms with Crippen LogP contribution < -0.4 is 0 Å². The molecule has 0 aliphatic carbocycles. The molecule has 0 aliphatic rings. The largest absolute Gasteiger partial charge is 0.333 e. The van der Waals surface area contributed by atoms with Gasteiger partial charge in [0.05, 0.1) is 0 Å². The molecule has 0 aromatic rings. The van der Waals surface area contributed by atoms with E-state index in [-0.39, 0.29) is 6.16 Å². The Hall–Kier alpha value is 0.830. The Kier molecular flexibility index (Phi) is 5.04. The van der Waals surface area contributed by atoms with Crippen LogP contribution in [0.15, 0.2) is 0 Å². The summed E-state index contributed by atoms with van der Waals surface area (Å²) >= 11 is 8.99. The zero-order valence-electron chi connectivity index (χ0n) is 4.96. The number of thiol groups is 1. The van der Waals surface area contributed by atoms with Crippen LogP contribution in [0.2, 0.25) is 0 Å². The minimum atomic E-state index is -3.26. The topological polar surface area (TPSA) is 37.3 Å². The smallest absolute Gasteiger partial charge is 0.287 e. The summed E-state index contributed by atoms with van der Waals surface area (Å²) in [4.78, 5) is 8.54. The Labute approximate surface area is 65.3 Å². The van der Waals surface area contributed by atoms with Gasteiger partial charge in [0.15, 0.2) is 0 Å². The molecule has 56 valence electrons. The van der Waals surface area contributed by atoms with Crippen molar-refractivity contribution >= 4 is 30.6 Å². The summed E-state index contributed by atoms with van der Waals surface area (Å²) in [7, 11) is 0. The normalized spacial score (nSPS) is 17.2. The van der Waals surface area contributed by atoms with Crippen LogP contribution in [-0.4, -0.2) is 16.8 Å². The van der Waals surface area contributed by atoms with Crippen LogP contribution >= 0.6 is 30.6 Å². The Morgan fingerprint density at radius 2 is 2.11 bits per heavy atom. The lowest BCUT2D eigenvalue weighted by atomic mass is 10.4. The van der Waals surface area contributed by atoms with Crippen LogP contribution in [-0.2, 0) is 4.57 Å². The van der Waals surface area contributed by atoms with Gasteiger partial charge in [-0.05, 0) is 29.8 Å². The van der Waals surface area contributed by atoms with E-state index in [2.05, 4.69) is 12.6 Å². The molecular weight excluding hydrogens is 179 g/mol. The third-order valence-electron chi connectivity index (χ3n) is 0.842. The molecule has 0 saturated carbocycles. The van der Waals surface area contributed by atoms with Crippen molar-refractivity contribution in [1.29, 1.82) is 0 Å². The second-order valence-corrected chi connectivity index (χ2v) is 5.48. The number of unbranched alkanes of at least 4 members (excludes halogenated alkanes) is 1. The highest BCUT2D eigenvalue weighted by Gasteiger charge is 2.10. The number of rotatable bonds is 4.